The van der Waals surface area contributed by atoms with Gasteiger partial charge < -0.3 is 15.0 Å². The van der Waals surface area contributed by atoms with Gasteiger partial charge in [0.25, 0.3) is 11.5 Å². The highest BCUT2D eigenvalue weighted by Crippen LogP contribution is 2.34. The Morgan fingerprint density at radius 1 is 1.26 bits per heavy atom. The average molecular weight is 394 g/mol. The highest BCUT2D eigenvalue weighted by atomic mass is 32.2. The van der Waals surface area contributed by atoms with Crippen molar-refractivity contribution in [1.29, 1.82) is 0 Å². The van der Waals surface area contributed by atoms with E-state index >= 15 is 0 Å². The summed E-state index contributed by atoms with van der Waals surface area (Å²) in [5.74, 6) is -0.528. The lowest BCUT2D eigenvalue weighted by molar-refractivity contribution is -0.117. The molecule has 0 unspecified atom stereocenters. The number of nitrogens with one attached hydrogen (secondary N) is 2. The van der Waals surface area contributed by atoms with Crippen molar-refractivity contribution in [3.8, 4) is 5.75 Å². The molecule has 3 rings (SSSR count). The molecule has 0 bridgehead atoms. The van der Waals surface area contributed by atoms with E-state index in [0.29, 0.717) is 29.1 Å². The Hall–Kier alpha value is -2.75. The first-order chi connectivity index (χ1) is 12.6. The number of hydrogen-bond acceptors (Lipinski definition) is 6. The van der Waals surface area contributed by atoms with Gasteiger partial charge in [0, 0.05) is 25.0 Å². The zero-order chi connectivity index (χ0) is 19.9. The van der Waals surface area contributed by atoms with Gasteiger partial charge in [0.05, 0.1) is 11.2 Å². The van der Waals surface area contributed by atoms with E-state index in [4.69, 9.17) is 0 Å². The Bertz CT molecular complexity index is 1070. The summed E-state index contributed by atoms with van der Waals surface area (Å²) in [6.45, 7) is 4.39. The summed E-state index contributed by atoms with van der Waals surface area (Å²) in [5, 5.41) is 14.0. The molecule has 0 spiro atoms. The number of amides is 1. The van der Waals surface area contributed by atoms with E-state index in [0.717, 1.165) is 10.7 Å². The van der Waals surface area contributed by atoms with Crippen molar-refractivity contribution in [1.82, 2.24) is 9.29 Å². The maximum atomic E-state index is 12.5. The number of carbonyl (C=O) groups excluding carboxylic acids is 1. The molecule has 1 fully saturated rings. The molecule has 9 nitrogen and oxygen atoms in total. The van der Waals surface area contributed by atoms with Crippen molar-refractivity contribution in [3.05, 3.63) is 28.6 Å². The number of anilines is 2. The Kier molecular flexibility index (Phi) is 4.77. The number of rotatable bonds is 5. The molecule has 0 radical (unpaired) electrons. The topological polar surface area (TPSA) is 121 Å². The average Bonchev–Trinajstić information content (AvgIpc) is 2.84. The normalized spacial score (nSPS) is 16.1. The summed E-state index contributed by atoms with van der Waals surface area (Å²) in [6.07, 6.45) is 0.891. The second-order valence-corrected chi connectivity index (χ2v) is 8.56. The fraction of sp³-hybridized carbons (Fsp3) is 0.412. The van der Waals surface area contributed by atoms with Gasteiger partial charge in [-0.05, 0) is 24.5 Å². The molecule has 1 aliphatic heterocycles. The molecular formula is C17H22N4O5S. The standard InChI is InChI=1S/C17H22N4O5S/c1-10(2)4-5-18-12-6-11-7-14(21-9-16(23)19-27(21,25)26)15(22)8-13(11)20(3)17(12)24/h6-8,10,18,22H,4-5,9H2,1-3H3,(H,19,23). The minimum atomic E-state index is -4.04. The second-order valence-electron chi connectivity index (χ2n) is 6.97. The van der Waals surface area contributed by atoms with E-state index in [1.165, 1.54) is 16.7 Å². The Morgan fingerprint density at radius 3 is 2.56 bits per heavy atom. The van der Waals surface area contributed by atoms with Gasteiger partial charge in [0.15, 0.2) is 0 Å². The summed E-state index contributed by atoms with van der Waals surface area (Å²) in [7, 11) is -2.46. The van der Waals surface area contributed by atoms with Gasteiger partial charge >= 0.3 is 10.2 Å². The largest absolute Gasteiger partial charge is 0.506 e. The van der Waals surface area contributed by atoms with Crippen molar-refractivity contribution in [2.24, 2.45) is 13.0 Å². The van der Waals surface area contributed by atoms with E-state index in [1.807, 2.05) is 4.72 Å². The van der Waals surface area contributed by atoms with Gasteiger partial charge in [-0.3, -0.25) is 9.59 Å². The summed E-state index contributed by atoms with van der Waals surface area (Å²) in [6, 6.07) is 4.40. The van der Waals surface area contributed by atoms with Crippen molar-refractivity contribution in [2.75, 3.05) is 22.7 Å². The van der Waals surface area contributed by atoms with Crippen molar-refractivity contribution >= 4 is 38.4 Å². The van der Waals surface area contributed by atoms with Gasteiger partial charge in [-0.15, -0.1) is 0 Å². The number of phenols is 1. The molecular weight excluding hydrogens is 372 g/mol. The molecule has 1 saturated heterocycles. The highest BCUT2D eigenvalue weighted by molar-refractivity contribution is 7.92. The highest BCUT2D eigenvalue weighted by Gasteiger charge is 2.35. The van der Waals surface area contributed by atoms with Gasteiger partial charge in [0.2, 0.25) is 0 Å². The first kappa shape index (κ1) is 19.0. The van der Waals surface area contributed by atoms with Crippen LogP contribution in [0.2, 0.25) is 0 Å². The molecule has 0 atom stereocenters. The van der Waals surface area contributed by atoms with Crippen molar-refractivity contribution < 1.29 is 18.3 Å². The van der Waals surface area contributed by atoms with E-state index in [2.05, 4.69) is 19.2 Å². The summed E-state index contributed by atoms with van der Waals surface area (Å²) in [5.41, 5.74) is 0.573. The molecule has 10 heteroatoms. The quantitative estimate of drug-likeness (QED) is 0.692. The van der Waals surface area contributed by atoms with Crippen molar-refractivity contribution in [2.45, 2.75) is 20.3 Å². The fourth-order valence-corrected chi connectivity index (χ4v) is 4.13. The van der Waals surface area contributed by atoms with Gasteiger partial charge in [0.1, 0.15) is 18.0 Å². The maximum absolute atomic E-state index is 12.5. The molecule has 146 valence electrons. The lowest BCUT2D eigenvalue weighted by atomic mass is 10.1. The molecule has 1 aromatic heterocycles. The van der Waals surface area contributed by atoms with Crippen LogP contribution in [0.25, 0.3) is 10.9 Å². The number of carbonyl (C=O) groups is 1. The third kappa shape index (κ3) is 3.57. The smallest absolute Gasteiger partial charge is 0.326 e. The maximum Gasteiger partial charge on any atom is 0.326 e. The lowest BCUT2D eigenvalue weighted by Crippen LogP contribution is -2.29. The Balaban J connectivity index is 2.09. The minimum absolute atomic E-state index is 0.0207. The van der Waals surface area contributed by atoms with Crippen LogP contribution in [0.5, 0.6) is 5.75 Å². The predicted octanol–water partition coefficient (Wildman–Crippen LogP) is 0.883. The van der Waals surface area contributed by atoms with Crippen LogP contribution in [0, 0.1) is 5.92 Å². The SMILES string of the molecule is CC(C)CCNc1cc2cc(N3CC(=O)NS3(=O)=O)c(O)cc2n(C)c1=O. The van der Waals surface area contributed by atoms with E-state index in [1.54, 1.807) is 13.1 Å². The zero-order valence-corrected chi connectivity index (χ0v) is 16.1. The first-order valence-corrected chi connectivity index (χ1v) is 9.98. The Labute approximate surface area is 156 Å². The number of aryl methyl sites for hydroxylation is 1. The third-order valence-corrected chi connectivity index (χ3v) is 5.84. The predicted molar refractivity (Wildman–Crippen MR) is 103 cm³/mol. The second kappa shape index (κ2) is 6.76. The molecule has 2 aromatic rings. The van der Waals surface area contributed by atoms with Crippen LogP contribution >= 0.6 is 0 Å². The van der Waals surface area contributed by atoms with Crippen LogP contribution in [0.4, 0.5) is 11.4 Å². The van der Waals surface area contributed by atoms with Crippen LogP contribution in [-0.2, 0) is 22.1 Å². The van der Waals surface area contributed by atoms with E-state index in [-0.39, 0.29) is 17.0 Å². The number of aromatic hydroxyl groups is 1. The molecule has 2 heterocycles. The number of fused-ring (bicyclic) bond motifs is 1. The summed E-state index contributed by atoms with van der Waals surface area (Å²) < 4.78 is 28.2. The molecule has 0 aliphatic carbocycles. The number of hydrogen-bond donors (Lipinski definition) is 3. The molecule has 1 aliphatic rings. The minimum Gasteiger partial charge on any atom is -0.506 e. The molecule has 1 amide bonds. The van der Waals surface area contributed by atoms with E-state index < -0.39 is 22.7 Å². The van der Waals surface area contributed by atoms with Crippen LogP contribution in [0.1, 0.15) is 20.3 Å². The zero-order valence-electron chi connectivity index (χ0n) is 15.3. The van der Waals surface area contributed by atoms with Crippen LogP contribution in [0.15, 0.2) is 23.0 Å². The summed E-state index contributed by atoms with van der Waals surface area (Å²) in [4.78, 5) is 24.0. The fourth-order valence-electron chi connectivity index (χ4n) is 2.98. The third-order valence-electron chi connectivity index (χ3n) is 4.45. The lowest BCUT2D eigenvalue weighted by Gasteiger charge is -2.18. The number of aromatic nitrogens is 1. The van der Waals surface area contributed by atoms with Gasteiger partial charge in [-0.1, -0.05) is 13.8 Å². The van der Waals surface area contributed by atoms with Crippen LogP contribution < -0.4 is 19.9 Å². The first-order valence-electron chi connectivity index (χ1n) is 8.54. The van der Waals surface area contributed by atoms with Gasteiger partial charge in [-0.2, -0.15) is 8.42 Å². The van der Waals surface area contributed by atoms with Crippen molar-refractivity contribution in [3.63, 3.8) is 0 Å². The van der Waals surface area contributed by atoms with Gasteiger partial charge in [-0.25, -0.2) is 9.03 Å². The summed E-state index contributed by atoms with van der Waals surface area (Å²) >= 11 is 0. The molecule has 1 aromatic carbocycles. The van der Waals surface area contributed by atoms with Crippen LogP contribution in [0.3, 0.4) is 0 Å². The molecule has 27 heavy (non-hydrogen) atoms. The number of pyridine rings is 1. The number of benzene rings is 1. The van der Waals surface area contributed by atoms with Crippen LogP contribution in [-0.4, -0.2) is 37.1 Å². The van der Waals surface area contributed by atoms with E-state index in [9.17, 15) is 23.1 Å². The number of nitrogens with zero attached hydrogens (tertiary/aromatic N) is 2. The number of phenolic OH excluding ortho intramolecular Hbond substituents is 1. The molecule has 0 saturated carbocycles. The molecule has 3 N–H and O–H groups in total. The monoisotopic (exact) mass is 394 g/mol. The Morgan fingerprint density at radius 2 is 1.96 bits per heavy atom.